The summed E-state index contributed by atoms with van der Waals surface area (Å²) in [7, 11) is 0. The van der Waals surface area contributed by atoms with Crippen LogP contribution in [0.1, 0.15) is 29.0 Å². The first-order chi connectivity index (χ1) is 15.0. The van der Waals surface area contributed by atoms with Gasteiger partial charge in [-0.25, -0.2) is 4.79 Å². The Balaban J connectivity index is 1.35. The smallest absolute Gasteiger partial charge is 0.412 e. The van der Waals surface area contributed by atoms with Crippen molar-refractivity contribution in [3.8, 4) is 10.6 Å². The highest BCUT2D eigenvalue weighted by Gasteiger charge is 2.53. The lowest BCUT2D eigenvalue weighted by atomic mass is 10.1. The van der Waals surface area contributed by atoms with Gasteiger partial charge in [0, 0.05) is 10.3 Å². The summed E-state index contributed by atoms with van der Waals surface area (Å²) in [5.74, 6) is -0.295. The molecule has 0 radical (unpaired) electrons. The van der Waals surface area contributed by atoms with E-state index in [0.29, 0.717) is 30.0 Å². The number of ether oxygens (including phenoxy) is 1. The largest absolute Gasteiger partial charge is 0.481 e. The third-order valence-corrected chi connectivity index (χ3v) is 7.97. The number of amides is 1. The van der Waals surface area contributed by atoms with E-state index in [0.717, 1.165) is 24.7 Å². The summed E-state index contributed by atoms with van der Waals surface area (Å²) >= 11 is 3.00. The van der Waals surface area contributed by atoms with Crippen LogP contribution < -0.4 is 5.32 Å². The number of aromatic nitrogens is 1. The standard InChI is InChI=1S/C22H18N2O5S2/c1-12-17(23-21(27)28-11-13-5-3-2-4-6-13)18(29-24-12)15-9-14-10-16(31-19(14)30-15)22(7-8-22)20(25)26/h2-6,9-10H,7-8,11H2,1H3,(H,23,27)(H,25,26). The molecule has 4 aromatic rings. The van der Waals surface area contributed by atoms with Gasteiger partial charge in [0.1, 0.15) is 23.4 Å². The Morgan fingerprint density at radius 3 is 2.68 bits per heavy atom. The number of carbonyl (C=O) groups is 2. The van der Waals surface area contributed by atoms with Crippen molar-refractivity contribution < 1.29 is 24.0 Å². The number of benzene rings is 1. The molecule has 7 nitrogen and oxygen atoms in total. The van der Waals surface area contributed by atoms with Crippen LogP contribution in [0.5, 0.6) is 0 Å². The Bertz CT molecular complexity index is 1250. The second kappa shape index (κ2) is 7.51. The molecule has 0 unspecified atom stereocenters. The topological polar surface area (TPSA) is 102 Å². The molecule has 1 aliphatic carbocycles. The van der Waals surface area contributed by atoms with Crippen LogP contribution in [-0.2, 0) is 21.6 Å². The number of hydrogen-bond donors (Lipinski definition) is 2. The number of anilines is 1. The summed E-state index contributed by atoms with van der Waals surface area (Å²) in [5, 5.41) is 17.2. The van der Waals surface area contributed by atoms with Gasteiger partial charge in [-0.05, 0) is 37.5 Å². The molecule has 1 aromatic carbocycles. The van der Waals surface area contributed by atoms with Crippen LogP contribution in [0.2, 0.25) is 0 Å². The van der Waals surface area contributed by atoms with Crippen LogP contribution in [0.15, 0.2) is 47.0 Å². The lowest BCUT2D eigenvalue weighted by Gasteiger charge is -2.07. The van der Waals surface area contributed by atoms with Crippen molar-refractivity contribution in [2.45, 2.75) is 31.8 Å². The quantitative estimate of drug-likeness (QED) is 0.382. The second-order valence-corrected chi connectivity index (χ2v) is 9.87. The number of hydrogen-bond acceptors (Lipinski definition) is 7. The lowest BCUT2D eigenvalue weighted by molar-refractivity contribution is -0.139. The average molecular weight is 455 g/mol. The van der Waals surface area contributed by atoms with Gasteiger partial charge in [-0.15, -0.1) is 22.7 Å². The molecule has 1 aliphatic rings. The van der Waals surface area contributed by atoms with Gasteiger partial charge in [0.25, 0.3) is 0 Å². The highest BCUT2D eigenvalue weighted by Crippen LogP contribution is 2.53. The number of carboxylic acids is 1. The lowest BCUT2D eigenvalue weighted by Crippen LogP contribution is -2.17. The van der Waals surface area contributed by atoms with Gasteiger partial charge in [0.2, 0.25) is 5.76 Å². The van der Waals surface area contributed by atoms with E-state index < -0.39 is 17.5 Å². The Morgan fingerprint density at radius 2 is 2.00 bits per heavy atom. The van der Waals surface area contributed by atoms with Gasteiger partial charge in [0.05, 0.1) is 8.89 Å². The molecular weight excluding hydrogens is 436 g/mol. The Hall–Kier alpha value is -3.17. The van der Waals surface area contributed by atoms with Gasteiger partial charge < -0.3 is 14.4 Å². The number of thiophene rings is 2. The molecule has 0 bridgehead atoms. The summed E-state index contributed by atoms with van der Waals surface area (Å²) in [6, 6.07) is 13.3. The maximum Gasteiger partial charge on any atom is 0.412 e. The van der Waals surface area contributed by atoms with Crippen molar-refractivity contribution in [1.29, 1.82) is 0 Å². The molecule has 1 amide bonds. The highest BCUT2D eigenvalue weighted by molar-refractivity contribution is 7.39. The number of carbonyl (C=O) groups excluding carboxylic acids is 1. The highest BCUT2D eigenvalue weighted by atomic mass is 32.2. The fourth-order valence-corrected chi connectivity index (χ4v) is 6.09. The van der Waals surface area contributed by atoms with Crippen LogP contribution in [0, 0.1) is 6.92 Å². The van der Waals surface area contributed by atoms with E-state index in [-0.39, 0.29) is 6.61 Å². The fraction of sp³-hybridized carbons (Fsp3) is 0.227. The summed E-state index contributed by atoms with van der Waals surface area (Å²) in [4.78, 5) is 25.6. The van der Waals surface area contributed by atoms with Gasteiger partial charge in [0.15, 0.2) is 0 Å². The van der Waals surface area contributed by atoms with Crippen LogP contribution in [0.3, 0.4) is 0 Å². The van der Waals surface area contributed by atoms with E-state index in [2.05, 4.69) is 10.5 Å². The number of rotatable bonds is 6. The summed E-state index contributed by atoms with van der Waals surface area (Å²) < 4.78 is 11.8. The van der Waals surface area contributed by atoms with E-state index in [4.69, 9.17) is 9.26 Å². The zero-order valence-corrected chi connectivity index (χ0v) is 18.1. The molecular formula is C22H18N2O5S2. The molecule has 158 valence electrons. The predicted molar refractivity (Wildman–Crippen MR) is 119 cm³/mol. The van der Waals surface area contributed by atoms with E-state index in [9.17, 15) is 14.7 Å². The molecule has 0 spiro atoms. The molecule has 2 N–H and O–H groups in total. The van der Waals surface area contributed by atoms with Gasteiger partial charge in [-0.3, -0.25) is 10.1 Å². The van der Waals surface area contributed by atoms with E-state index in [1.54, 1.807) is 6.92 Å². The van der Waals surface area contributed by atoms with Gasteiger partial charge >= 0.3 is 12.1 Å². The third kappa shape index (κ3) is 3.60. The summed E-state index contributed by atoms with van der Waals surface area (Å²) in [6.07, 6.45) is 0.779. The van der Waals surface area contributed by atoms with Crippen molar-refractivity contribution in [1.82, 2.24) is 5.16 Å². The molecule has 9 heteroatoms. The van der Waals surface area contributed by atoms with E-state index in [1.807, 2.05) is 42.5 Å². The molecule has 1 fully saturated rings. The first-order valence-electron chi connectivity index (χ1n) is 9.68. The van der Waals surface area contributed by atoms with Crippen LogP contribution in [0.4, 0.5) is 10.5 Å². The molecule has 0 aliphatic heterocycles. The zero-order valence-electron chi connectivity index (χ0n) is 16.5. The fourth-order valence-electron chi connectivity index (χ4n) is 3.42. The van der Waals surface area contributed by atoms with Crippen molar-refractivity contribution in [2.24, 2.45) is 0 Å². The molecule has 3 aromatic heterocycles. The zero-order chi connectivity index (χ0) is 21.6. The van der Waals surface area contributed by atoms with Crippen molar-refractivity contribution >= 4 is 49.8 Å². The Morgan fingerprint density at radius 1 is 1.23 bits per heavy atom. The van der Waals surface area contributed by atoms with E-state index in [1.165, 1.54) is 22.7 Å². The molecule has 1 saturated carbocycles. The summed E-state index contributed by atoms with van der Waals surface area (Å²) in [5.41, 5.74) is 1.20. The summed E-state index contributed by atoms with van der Waals surface area (Å²) in [6.45, 7) is 1.91. The number of aryl methyl sites for hydroxylation is 1. The molecule has 0 atom stereocenters. The third-order valence-electron chi connectivity index (χ3n) is 5.37. The average Bonchev–Trinajstić information content (AvgIpc) is 3.17. The van der Waals surface area contributed by atoms with Crippen LogP contribution >= 0.6 is 22.7 Å². The Labute approximate surface area is 185 Å². The number of nitrogens with one attached hydrogen (secondary N) is 1. The number of nitrogens with zero attached hydrogens (tertiary/aromatic N) is 1. The van der Waals surface area contributed by atoms with Crippen molar-refractivity contribution in [3.05, 3.63) is 58.6 Å². The first-order valence-corrected chi connectivity index (χ1v) is 11.3. The maximum absolute atomic E-state index is 12.3. The van der Waals surface area contributed by atoms with Crippen LogP contribution in [-0.4, -0.2) is 22.3 Å². The molecule has 31 heavy (non-hydrogen) atoms. The molecule has 5 rings (SSSR count). The van der Waals surface area contributed by atoms with Crippen molar-refractivity contribution in [3.63, 3.8) is 0 Å². The maximum atomic E-state index is 12.3. The SMILES string of the molecule is Cc1noc(-c2cc3cc(C4(C(=O)O)CC4)sc3s2)c1NC(=O)OCc1ccccc1. The second-order valence-electron chi connectivity index (χ2n) is 7.51. The Kier molecular flexibility index (Phi) is 4.79. The first kappa shape index (κ1) is 19.8. The van der Waals surface area contributed by atoms with E-state index >= 15 is 0 Å². The number of aliphatic carboxylic acids is 1. The van der Waals surface area contributed by atoms with Gasteiger partial charge in [-0.1, -0.05) is 35.5 Å². The van der Waals surface area contributed by atoms with Crippen molar-refractivity contribution in [2.75, 3.05) is 5.32 Å². The molecule has 3 heterocycles. The van der Waals surface area contributed by atoms with Crippen LogP contribution in [0.25, 0.3) is 20.0 Å². The molecule has 0 saturated heterocycles. The minimum absolute atomic E-state index is 0.162. The number of fused-ring (bicyclic) bond motifs is 1. The minimum atomic E-state index is -0.756. The number of carboxylic acid groups (broad SMARTS) is 1. The van der Waals surface area contributed by atoms with Gasteiger partial charge in [-0.2, -0.15) is 0 Å². The minimum Gasteiger partial charge on any atom is -0.481 e. The monoisotopic (exact) mass is 454 g/mol. The predicted octanol–water partition coefficient (Wildman–Crippen LogP) is 5.79. The normalized spacial score (nSPS) is 14.5.